The van der Waals surface area contributed by atoms with Gasteiger partial charge >= 0.3 is 0 Å². The van der Waals surface area contributed by atoms with Crippen molar-refractivity contribution in [2.45, 2.75) is 56.8 Å². The van der Waals surface area contributed by atoms with Gasteiger partial charge in [-0.15, -0.1) is 0 Å². The molecule has 1 aromatic rings. The highest BCUT2D eigenvalue weighted by Crippen LogP contribution is 2.26. The van der Waals surface area contributed by atoms with E-state index in [2.05, 4.69) is 10.0 Å². The number of sulfonamides is 1. The number of rotatable bonds is 5. The Kier molecular flexibility index (Phi) is 5.24. The topological polar surface area (TPSA) is 67.4 Å². The third kappa shape index (κ3) is 4.18. The van der Waals surface area contributed by atoms with Gasteiger partial charge in [-0.1, -0.05) is 19.1 Å². The molecule has 0 aliphatic carbocycles. The second-order valence-corrected chi connectivity index (χ2v) is 7.30. The van der Waals surface area contributed by atoms with Gasteiger partial charge < -0.3 is 10.1 Å². The highest BCUT2D eigenvalue weighted by Gasteiger charge is 2.26. The van der Waals surface area contributed by atoms with Gasteiger partial charge in [0.1, 0.15) is 4.90 Å². The molecule has 0 aromatic heterocycles. The predicted molar refractivity (Wildman–Crippen MR) is 84.0 cm³/mol. The quantitative estimate of drug-likeness (QED) is 0.876. The van der Waals surface area contributed by atoms with Crippen LogP contribution >= 0.6 is 0 Å². The molecule has 6 heteroatoms. The Morgan fingerprint density at radius 1 is 1.19 bits per heavy atom. The van der Waals surface area contributed by atoms with E-state index in [4.69, 9.17) is 4.74 Å². The number of para-hydroxylation sites is 1. The van der Waals surface area contributed by atoms with Crippen molar-refractivity contribution in [1.29, 1.82) is 0 Å². The molecule has 118 valence electrons. The van der Waals surface area contributed by atoms with E-state index < -0.39 is 10.0 Å². The van der Waals surface area contributed by atoms with Crippen molar-refractivity contribution in [2.75, 3.05) is 11.9 Å². The molecule has 0 amide bonds. The van der Waals surface area contributed by atoms with Crippen LogP contribution in [0.2, 0.25) is 0 Å². The van der Waals surface area contributed by atoms with Crippen molar-refractivity contribution < 1.29 is 13.2 Å². The van der Waals surface area contributed by atoms with Gasteiger partial charge in [-0.05, 0) is 38.8 Å². The first-order valence-corrected chi connectivity index (χ1v) is 8.91. The van der Waals surface area contributed by atoms with Crippen LogP contribution in [-0.4, -0.2) is 33.2 Å². The monoisotopic (exact) mass is 312 g/mol. The molecular weight excluding hydrogens is 288 g/mol. The summed E-state index contributed by atoms with van der Waals surface area (Å²) in [7, 11) is -3.46. The molecule has 1 fully saturated rings. The van der Waals surface area contributed by atoms with Crippen LogP contribution in [0.3, 0.4) is 0 Å². The average Bonchev–Trinajstić information content (AvgIpc) is 2.37. The van der Waals surface area contributed by atoms with Crippen molar-refractivity contribution >= 4 is 15.7 Å². The van der Waals surface area contributed by atoms with Crippen LogP contribution in [0.1, 0.15) is 33.6 Å². The molecule has 1 heterocycles. The van der Waals surface area contributed by atoms with Crippen molar-refractivity contribution in [3.8, 4) is 0 Å². The standard InChI is InChI=1S/C15H24N2O3S/c1-4-16-21(18,19)15-8-6-5-7-14(15)17-13-9-11(2)20-12(3)10-13/h5-8,11-13,16-17H,4,9-10H2,1-3H3. The molecule has 1 aromatic carbocycles. The van der Waals surface area contributed by atoms with Crippen LogP contribution in [-0.2, 0) is 14.8 Å². The first-order valence-electron chi connectivity index (χ1n) is 7.43. The summed E-state index contributed by atoms with van der Waals surface area (Å²) < 4.78 is 32.8. The van der Waals surface area contributed by atoms with Gasteiger partial charge in [-0.2, -0.15) is 0 Å². The molecule has 0 saturated carbocycles. The van der Waals surface area contributed by atoms with Crippen LogP contribution in [0.15, 0.2) is 29.2 Å². The Morgan fingerprint density at radius 2 is 1.81 bits per heavy atom. The summed E-state index contributed by atoms with van der Waals surface area (Å²) in [5.41, 5.74) is 0.657. The van der Waals surface area contributed by atoms with Gasteiger partial charge in [0.15, 0.2) is 0 Å². The maximum atomic E-state index is 12.2. The summed E-state index contributed by atoms with van der Waals surface area (Å²) in [6, 6.07) is 7.26. The van der Waals surface area contributed by atoms with Crippen molar-refractivity contribution in [3.05, 3.63) is 24.3 Å². The summed E-state index contributed by atoms with van der Waals surface area (Å²) in [5, 5.41) is 3.38. The van der Waals surface area contributed by atoms with Crippen molar-refractivity contribution in [1.82, 2.24) is 4.72 Å². The Morgan fingerprint density at radius 3 is 2.43 bits per heavy atom. The number of benzene rings is 1. The SMILES string of the molecule is CCNS(=O)(=O)c1ccccc1NC1CC(C)OC(C)C1. The molecule has 0 bridgehead atoms. The molecule has 1 saturated heterocycles. The van der Waals surface area contributed by atoms with Crippen LogP contribution in [0.5, 0.6) is 0 Å². The van der Waals surface area contributed by atoms with Crippen LogP contribution < -0.4 is 10.0 Å². The lowest BCUT2D eigenvalue weighted by molar-refractivity contribution is -0.0338. The highest BCUT2D eigenvalue weighted by molar-refractivity contribution is 7.89. The fraction of sp³-hybridized carbons (Fsp3) is 0.600. The summed E-state index contributed by atoms with van der Waals surface area (Å²) in [4.78, 5) is 0.304. The zero-order chi connectivity index (χ0) is 15.5. The van der Waals surface area contributed by atoms with E-state index >= 15 is 0 Å². The normalized spacial score (nSPS) is 26.5. The highest BCUT2D eigenvalue weighted by atomic mass is 32.2. The van der Waals surface area contributed by atoms with E-state index in [9.17, 15) is 8.42 Å². The van der Waals surface area contributed by atoms with Crippen LogP contribution in [0.4, 0.5) is 5.69 Å². The van der Waals surface area contributed by atoms with E-state index in [1.807, 2.05) is 26.0 Å². The molecule has 1 aliphatic rings. The number of anilines is 1. The van der Waals surface area contributed by atoms with E-state index in [0.29, 0.717) is 17.1 Å². The minimum absolute atomic E-state index is 0.184. The van der Waals surface area contributed by atoms with Gasteiger partial charge in [0.05, 0.1) is 17.9 Å². The molecule has 0 spiro atoms. The Bertz CT molecular complexity index is 564. The Hall–Kier alpha value is -1.11. The van der Waals surface area contributed by atoms with E-state index in [-0.39, 0.29) is 18.2 Å². The van der Waals surface area contributed by atoms with Crippen molar-refractivity contribution in [3.63, 3.8) is 0 Å². The third-order valence-electron chi connectivity index (χ3n) is 3.57. The van der Waals surface area contributed by atoms with E-state index in [0.717, 1.165) is 12.8 Å². The van der Waals surface area contributed by atoms with Crippen LogP contribution in [0.25, 0.3) is 0 Å². The van der Waals surface area contributed by atoms with Crippen LogP contribution in [0, 0.1) is 0 Å². The Balaban J connectivity index is 2.21. The first kappa shape index (κ1) is 16.3. The minimum Gasteiger partial charge on any atom is -0.381 e. The molecule has 1 aliphatic heterocycles. The lowest BCUT2D eigenvalue weighted by atomic mass is 9.99. The van der Waals surface area contributed by atoms with Gasteiger partial charge in [0, 0.05) is 12.6 Å². The Labute approximate surface area is 127 Å². The third-order valence-corrected chi connectivity index (χ3v) is 5.17. The fourth-order valence-electron chi connectivity index (χ4n) is 2.83. The van der Waals surface area contributed by atoms with E-state index in [1.165, 1.54) is 0 Å². The summed E-state index contributed by atoms with van der Waals surface area (Å²) in [6.45, 7) is 6.24. The number of nitrogens with one attached hydrogen (secondary N) is 2. The minimum atomic E-state index is -3.46. The summed E-state index contributed by atoms with van der Waals surface area (Å²) in [5.74, 6) is 0. The van der Waals surface area contributed by atoms with Gasteiger partial charge in [0.2, 0.25) is 10.0 Å². The molecule has 2 atom stereocenters. The fourth-order valence-corrected chi connectivity index (χ4v) is 4.04. The molecule has 2 rings (SSSR count). The van der Waals surface area contributed by atoms with E-state index in [1.54, 1.807) is 19.1 Å². The summed E-state index contributed by atoms with van der Waals surface area (Å²) in [6.07, 6.45) is 2.12. The second-order valence-electron chi connectivity index (χ2n) is 5.57. The smallest absolute Gasteiger partial charge is 0.242 e. The maximum Gasteiger partial charge on any atom is 0.242 e. The number of hydrogen-bond donors (Lipinski definition) is 2. The molecule has 21 heavy (non-hydrogen) atoms. The molecule has 2 N–H and O–H groups in total. The lowest BCUT2D eigenvalue weighted by Crippen LogP contribution is -2.37. The zero-order valence-electron chi connectivity index (χ0n) is 12.8. The largest absolute Gasteiger partial charge is 0.381 e. The van der Waals surface area contributed by atoms with Gasteiger partial charge in [0.25, 0.3) is 0 Å². The molecule has 2 unspecified atom stereocenters. The number of hydrogen-bond acceptors (Lipinski definition) is 4. The maximum absolute atomic E-state index is 12.2. The van der Waals surface area contributed by atoms with Gasteiger partial charge in [-0.25, -0.2) is 13.1 Å². The molecular formula is C15H24N2O3S. The molecule has 5 nitrogen and oxygen atoms in total. The van der Waals surface area contributed by atoms with Crippen molar-refractivity contribution in [2.24, 2.45) is 0 Å². The predicted octanol–water partition coefficient (Wildman–Crippen LogP) is 2.35. The number of ether oxygens (including phenoxy) is 1. The second kappa shape index (κ2) is 6.77. The first-order chi connectivity index (χ1) is 9.92. The average molecular weight is 312 g/mol. The summed E-state index contributed by atoms with van der Waals surface area (Å²) >= 11 is 0. The molecule has 0 radical (unpaired) electrons. The van der Waals surface area contributed by atoms with Gasteiger partial charge in [-0.3, -0.25) is 0 Å². The zero-order valence-corrected chi connectivity index (χ0v) is 13.6. The lowest BCUT2D eigenvalue weighted by Gasteiger charge is -2.33.